The number of hydrogen-bond donors (Lipinski definition) is 1. The number of aromatic nitrogens is 1. The van der Waals surface area contributed by atoms with Crippen LogP contribution in [0.1, 0.15) is 0 Å². The van der Waals surface area contributed by atoms with Crippen LogP contribution < -0.4 is 16.2 Å². The number of nitrogens with one attached hydrogen (secondary N) is 1. The predicted octanol–water partition coefficient (Wildman–Crippen LogP) is 12.7. The molecular weight excluding hydrogens is 695 g/mol. The van der Waals surface area contributed by atoms with Gasteiger partial charge in [-0.25, -0.2) is 0 Å². The van der Waals surface area contributed by atoms with Crippen molar-refractivity contribution in [2.75, 3.05) is 5.32 Å². The molecule has 10 aromatic carbocycles. The quantitative estimate of drug-likeness (QED) is 0.180. The van der Waals surface area contributed by atoms with E-state index in [1.54, 1.807) is 0 Å². The fraction of sp³-hybridized carbons (Fsp3) is 0. The molecule has 0 spiro atoms. The van der Waals surface area contributed by atoms with Gasteiger partial charge in [-0.2, -0.15) is 0 Å². The van der Waals surface area contributed by atoms with E-state index in [2.05, 4.69) is 193 Å². The maximum atomic E-state index is 3.99. The van der Waals surface area contributed by atoms with E-state index in [1.165, 1.54) is 96.6 Å². The van der Waals surface area contributed by atoms with Gasteiger partial charge in [0.1, 0.15) is 0 Å². The van der Waals surface area contributed by atoms with Crippen LogP contribution in [0.3, 0.4) is 0 Å². The Labute approximate surface area is 327 Å². The summed E-state index contributed by atoms with van der Waals surface area (Å²) in [4.78, 5) is 0. The summed E-state index contributed by atoms with van der Waals surface area (Å²) in [6.07, 6.45) is 0. The lowest BCUT2D eigenvalue weighted by molar-refractivity contribution is 1.22. The molecule has 2 nitrogen and oxygen atoms in total. The third kappa shape index (κ3) is 4.07. The number of hydrogen-bond acceptors (Lipinski definition) is 2. The molecule has 1 aliphatic heterocycles. The van der Waals surface area contributed by atoms with Crippen molar-refractivity contribution in [3.8, 4) is 16.8 Å². The molecule has 0 atom stereocenters. The van der Waals surface area contributed by atoms with Gasteiger partial charge in [0.15, 0.2) is 7.28 Å². The molecule has 1 N–H and O–H groups in total. The van der Waals surface area contributed by atoms with Crippen molar-refractivity contribution in [2.24, 2.45) is 0 Å². The van der Waals surface area contributed by atoms with Gasteiger partial charge in [-0.3, -0.25) is 0 Å². The van der Waals surface area contributed by atoms with Gasteiger partial charge in [-0.05, 0) is 57.5 Å². The van der Waals surface area contributed by atoms with Crippen LogP contribution in [0.5, 0.6) is 0 Å². The zero-order valence-electron chi connectivity index (χ0n) is 30.0. The Morgan fingerprint density at radius 2 is 1.21 bits per heavy atom. The molecule has 2 aromatic heterocycles. The van der Waals surface area contributed by atoms with Gasteiger partial charge >= 0.3 is 0 Å². The highest BCUT2D eigenvalue weighted by molar-refractivity contribution is 7.26. The van der Waals surface area contributed by atoms with Gasteiger partial charge in [-0.15, -0.1) is 11.3 Å². The minimum absolute atomic E-state index is 1.01. The summed E-state index contributed by atoms with van der Waals surface area (Å²) in [5.41, 5.74) is 10.7. The Bertz CT molecular complexity index is 3670. The molecule has 0 fully saturated rings. The third-order valence-corrected chi connectivity index (χ3v) is 13.2. The van der Waals surface area contributed by atoms with Crippen LogP contribution in [0.25, 0.3) is 102 Å². The van der Waals surface area contributed by atoms with E-state index in [4.69, 9.17) is 0 Å². The molecule has 12 aromatic rings. The lowest BCUT2D eigenvalue weighted by atomic mass is 9.58. The van der Waals surface area contributed by atoms with E-state index in [0.29, 0.717) is 0 Å². The Morgan fingerprint density at radius 1 is 0.500 bits per heavy atom. The SMILES string of the molecule is [B]1c2c(-c3c(Nc4cccc5c4c#cc4ccccc45)ccc4c3sc3ccccc34)cc3ccccc3c2-n2c3c1cccc3c1ccc3ccccc3c12. The van der Waals surface area contributed by atoms with Crippen LogP contribution >= 0.6 is 11.3 Å². The van der Waals surface area contributed by atoms with E-state index in [0.717, 1.165) is 27.5 Å². The average molecular weight is 724 g/mol. The smallest absolute Gasteiger partial charge is 0.197 e. The second-order valence-electron chi connectivity index (χ2n) is 14.9. The highest BCUT2D eigenvalue weighted by Crippen LogP contribution is 2.47. The molecule has 1 aliphatic rings. The lowest BCUT2D eigenvalue weighted by Crippen LogP contribution is -2.37. The second kappa shape index (κ2) is 11.2. The number of para-hydroxylation sites is 1. The molecule has 0 saturated carbocycles. The van der Waals surface area contributed by atoms with Crippen LogP contribution in [0.2, 0.25) is 0 Å². The van der Waals surface area contributed by atoms with Gasteiger partial charge < -0.3 is 9.88 Å². The second-order valence-corrected chi connectivity index (χ2v) is 16.0. The topological polar surface area (TPSA) is 17.0 Å². The Morgan fingerprint density at radius 3 is 2.14 bits per heavy atom. The van der Waals surface area contributed by atoms with Gasteiger partial charge in [0.25, 0.3) is 0 Å². The molecule has 1 radical (unpaired) electrons. The van der Waals surface area contributed by atoms with Crippen molar-refractivity contribution in [1.29, 1.82) is 0 Å². The molecule has 0 amide bonds. The maximum Gasteiger partial charge on any atom is 0.197 e. The summed E-state index contributed by atoms with van der Waals surface area (Å²) in [7, 11) is 2.45. The number of fused-ring (bicyclic) bond motifs is 15. The van der Waals surface area contributed by atoms with Crippen molar-refractivity contribution in [3.05, 3.63) is 176 Å². The number of nitrogens with zero attached hydrogens (tertiary/aromatic N) is 1. The number of anilines is 2. The normalized spacial score (nSPS) is 12.3. The molecule has 255 valence electrons. The highest BCUT2D eigenvalue weighted by Gasteiger charge is 2.29. The molecule has 13 rings (SSSR count). The van der Waals surface area contributed by atoms with E-state index in [9.17, 15) is 0 Å². The minimum Gasteiger partial charge on any atom is -0.354 e. The van der Waals surface area contributed by atoms with Crippen LogP contribution in [0.15, 0.2) is 164 Å². The van der Waals surface area contributed by atoms with Crippen LogP contribution in [0.4, 0.5) is 11.4 Å². The van der Waals surface area contributed by atoms with Crippen LogP contribution in [0, 0.1) is 12.1 Å². The summed E-state index contributed by atoms with van der Waals surface area (Å²) in [5.74, 6) is 0. The zero-order valence-corrected chi connectivity index (χ0v) is 30.8. The average Bonchev–Trinajstić information content (AvgIpc) is 3.80. The summed E-state index contributed by atoms with van der Waals surface area (Å²) in [6, 6.07) is 66.9. The summed E-state index contributed by atoms with van der Waals surface area (Å²) in [5, 5.41) is 18.5. The van der Waals surface area contributed by atoms with Crippen molar-refractivity contribution in [2.45, 2.75) is 0 Å². The first kappa shape index (κ1) is 30.3. The van der Waals surface area contributed by atoms with E-state index < -0.39 is 0 Å². The molecule has 4 heteroatoms. The van der Waals surface area contributed by atoms with Crippen molar-refractivity contribution < 1.29 is 0 Å². The van der Waals surface area contributed by atoms with Crippen LogP contribution in [-0.2, 0) is 0 Å². The summed E-state index contributed by atoms with van der Waals surface area (Å²) >= 11 is 1.88. The molecule has 0 unspecified atom stereocenters. The zero-order chi connectivity index (χ0) is 36.5. The Balaban J connectivity index is 1.16. The fourth-order valence-electron chi connectivity index (χ4n) is 9.57. The Hall–Kier alpha value is -7.06. The first-order valence-electron chi connectivity index (χ1n) is 19.1. The molecule has 0 aliphatic carbocycles. The van der Waals surface area contributed by atoms with Crippen molar-refractivity contribution in [3.63, 3.8) is 0 Å². The molecular formula is C52H28BN2S. The maximum absolute atomic E-state index is 3.99. The Kier molecular flexibility index (Phi) is 6.08. The first-order chi connectivity index (χ1) is 27.8. The van der Waals surface area contributed by atoms with Gasteiger partial charge in [-0.1, -0.05) is 151 Å². The van der Waals surface area contributed by atoms with Gasteiger partial charge in [0, 0.05) is 74.9 Å². The number of rotatable bonds is 3. The molecule has 0 bridgehead atoms. The van der Waals surface area contributed by atoms with Gasteiger partial charge in [0.05, 0.1) is 16.6 Å². The van der Waals surface area contributed by atoms with E-state index >= 15 is 0 Å². The van der Waals surface area contributed by atoms with Gasteiger partial charge in [0.2, 0.25) is 0 Å². The lowest BCUT2D eigenvalue weighted by Gasteiger charge is -2.27. The van der Waals surface area contributed by atoms with E-state index in [-0.39, 0.29) is 0 Å². The largest absolute Gasteiger partial charge is 0.354 e. The van der Waals surface area contributed by atoms with Crippen molar-refractivity contribution >= 4 is 126 Å². The minimum atomic E-state index is 1.01. The molecule has 0 saturated heterocycles. The van der Waals surface area contributed by atoms with Crippen LogP contribution in [-0.4, -0.2) is 11.8 Å². The fourth-order valence-corrected chi connectivity index (χ4v) is 10.8. The monoisotopic (exact) mass is 723 g/mol. The predicted molar refractivity (Wildman–Crippen MR) is 242 cm³/mol. The molecule has 3 heterocycles. The molecule has 56 heavy (non-hydrogen) atoms. The van der Waals surface area contributed by atoms with E-state index in [1.807, 2.05) is 11.3 Å². The standard InChI is InChI=1S/C52H28BN2S/c1-4-14-33-30(11-1)23-25-37-36(33)18-10-21-44(37)54-45-28-27-41-38-17-7-8-22-46(38)56-52(41)47(45)42-29-32-13-3-6-16-35(32)51-48(42)53-43-20-9-19-39-40-26-24-31-12-2-5-15-34(31)49(40)55(51)50(39)43/h1-22,24,26-29,54H. The first-order valence-corrected chi connectivity index (χ1v) is 19.9. The highest BCUT2D eigenvalue weighted by atomic mass is 32.1. The van der Waals surface area contributed by atoms with Crippen molar-refractivity contribution in [1.82, 2.24) is 4.57 Å². The number of benzene rings is 9. The summed E-state index contributed by atoms with van der Waals surface area (Å²) < 4.78 is 5.14. The summed E-state index contributed by atoms with van der Waals surface area (Å²) in [6.45, 7) is 0. The number of thiophene rings is 1. The third-order valence-electron chi connectivity index (χ3n) is 12.0.